The Morgan fingerprint density at radius 3 is 2.00 bits per heavy atom. The summed E-state index contributed by atoms with van der Waals surface area (Å²) in [6.07, 6.45) is 0.0762. The van der Waals surface area contributed by atoms with Gasteiger partial charge in [-0.1, -0.05) is 0 Å². The van der Waals surface area contributed by atoms with E-state index < -0.39 is 11.9 Å². The maximum absolute atomic E-state index is 10.9. The first-order valence-electron chi connectivity index (χ1n) is 3.81. The molecule has 0 atom stereocenters. The second-order valence-electron chi connectivity index (χ2n) is 2.41. The van der Waals surface area contributed by atoms with Crippen molar-refractivity contribution in [2.45, 2.75) is 20.3 Å². The van der Waals surface area contributed by atoms with Crippen LogP contribution in [0.25, 0.3) is 0 Å². The quantitative estimate of drug-likeness (QED) is 0.571. The molecule has 0 radical (unpaired) electrons. The van der Waals surface area contributed by atoms with Crippen molar-refractivity contribution in [1.82, 2.24) is 0 Å². The fourth-order valence-electron chi connectivity index (χ4n) is 0.563. The van der Waals surface area contributed by atoms with Crippen LogP contribution < -0.4 is 0 Å². The van der Waals surface area contributed by atoms with E-state index in [4.69, 9.17) is 0 Å². The van der Waals surface area contributed by atoms with Crippen LogP contribution in [-0.4, -0.2) is 30.9 Å². The summed E-state index contributed by atoms with van der Waals surface area (Å²) in [6.45, 7) is 2.27. The lowest BCUT2D eigenvalue weighted by molar-refractivity contribution is -0.147. The van der Waals surface area contributed by atoms with Gasteiger partial charge in [0.25, 0.3) is 0 Å². The van der Waals surface area contributed by atoms with Crippen molar-refractivity contribution in [2.24, 2.45) is 0 Å². The van der Waals surface area contributed by atoms with Crippen LogP contribution in [0.3, 0.4) is 0 Å². The molecule has 0 aromatic rings. The van der Waals surface area contributed by atoms with Crippen LogP contribution in [0.2, 0.25) is 0 Å². The third kappa shape index (κ3) is 8.52. The van der Waals surface area contributed by atoms with Crippen molar-refractivity contribution >= 4 is 17.7 Å². The Labute approximate surface area is 76.0 Å². The SMILES string of the molecule is CC(=O)OCCC(=O)COC(C)=O. The van der Waals surface area contributed by atoms with Crippen LogP contribution in [0.4, 0.5) is 0 Å². The highest BCUT2D eigenvalue weighted by atomic mass is 16.5. The van der Waals surface area contributed by atoms with E-state index in [1.54, 1.807) is 0 Å². The van der Waals surface area contributed by atoms with Crippen LogP contribution in [0.5, 0.6) is 0 Å². The van der Waals surface area contributed by atoms with Gasteiger partial charge in [-0.3, -0.25) is 14.4 Å². The Hall–Kier alpha value is -1.39. The molecule has 5 heteroatoms. The molecule has 0 unspecified atom stereocenters. The van der Waals surface area contributed by atoms with Crippen LogP contribution in [0, 0.1) is 0 Å². The molecule has 0 saturated heterocycles. The average Bonchev–Trinajstić information content (AvgIpc) is 2.00. The molecule has 13 heavy (non-hydrogen) atoms. The number of ketones is 1. The molecule has 74 valence electrons. The number of carbonyl (C=O) groups excluding carboxylic acids is 3. The minimum Gasteiger partial charge on any atom is -0.465 e. The average molecular weight is 188 g/mol. The van der Waals surface area contributed by atoms with Crippen LogP contribution in [0.1, 0.15) is 20.3 Å². The van der Waals surface area contributed by atoms with E-state index in [-0.39, 0.29) is 25.4 Å². The van der Waals surface area contributed by atoms with Gasteiger partial charge in [-0.25, -0.2) is 0 Å². The summed E-state index contributed by atoms with van der Waals surface area (Å²) in [7, 11) is 0. The topological polar surface area (TPSA) is 69.7 Å². The van der Waals surface area contributed by atoms with Gasteiger partial charge in [-0.2, -0.15) is 0 Å². The van der Waals surface area contributed by atoms with E-state index in [1.165, 1.54) is 13.8 Å². The summed E-state index contributed by atoms with van der Waals surface area (Å²) < 4.78 is 8.95. The lowest BCUT2D eigenvalue weighted by atomic mass is 10.3. The zero-order valence-corrected chi connectivity index (χ0v) is 7.66. The highest BCUT2D eigenvalue weighted by Crippen LogP contribution is 1.88. The number of hydrogen-bond donors (Lipinski definition) is 0. The smallest absolute Gasteiger partial charge is 0.303 e. The number of rotatable bonds is 5. The second-order valence-corrected chi connectivity index (χ2v) is 2.41. The van der Waals surface area contributed by atoms with Crippen molar-refractivity contribution in [3.8, 4) is 0 Å². The Morgan fingerprint density at radius 1 is 1.00 bits per heavy atom. The van der Waals surface area contributed by atoms with E-state index in [1.807, 2.05) is 0 Å². The standard InChI is InChI=1S/C8H12O5/c1-6(9)12-4-3-8(11)5-13-7(2)10/h3-5H2,1-2H3. The van der Waals surface area contributed by atoms with E-state index in [9.17, 15) is 14.4 Å². The molecule has 0 heterocycles. The molecule has 0 aliphatic rings. The van der Waals surface area contributed by atoms with Gasteiger partial charge >= 0.3 is 11.9 Å². The molecule has 0 amide bonds. The maximum atomic E-state index is 10.9. The van der Waals surface area contributed by atoms with Crippen molar-refractivity contribution in [1.29, 1.82) is 0 Å². The van der Waals surface area contributed by atoms with E-state index >= 15 is 0 Å². The molecule has 5 nitrogen and oxygen atoms in total. The summed E-state index contributed by atoms with van der Waals surface area (Å²) in [5, 5.41) is 0. The molecule has 0 fully saturated rings. The van der Waals surface area contributed by atoms with Gasteiger partial charge < -0.3 is 9.47 Å². The lowest BCUT2D eigenvalue weighted by Gasteiger charge is -2.01. The highest BCUT2D eigenvalue weighted by molar-refractivity contribution is 5.82. The molecule has 0 aliphatic carbocycles. The molecule has 0 N–H and O–H groups in total. The van der Waals surface area contributed by atoms with Crippen molar-refractivity contribution in [3.05, 3.63) is 0 Å². The van der Waals surface area contributed by atoms with Crippen LogP contribution in [0.15, 0.2) is 0 Å². The van der Waals surface area contributed by atoms with E-state index in [2.05, 4.69) is 9.47 Å². The fourth-order valence-corrected chi connectivity index (χ4v) is 0.563. The van der Waals surface area contributed by atoms with Gasteiger partial charge in [0.05, 0.1) is 6.61 Å². The van der Waals surface area contributed by atoms with E-state index in [0.29, 0.717) is 0 Å². The zero-order chi connectivity index (χ0) is 10.3. The molecule has 0 spiro atoms. The summed E-state index contributed by atoms with van der Waals surface area (Å²) in [5.74, 6) is -1.20. The Balaban J connectivity index is 3.41. The molecule has 0 bridgehead atoms. The van der Waals surface area contributed by atoms with Crippen molar-refractivity contribution in [2.75, 3.05) is 13.2 Å². The lowest BCUT2D eigenvalue weighted by Crippen LogP contribution is -2.14. The Morgan fingerprint density at radius 2 is 1.54 bits per heavy atom. The van der Waals surface area contributed by atoms with Gasteiger partial charge in [0.2, 0.25) is 0 Å². The highest BCUT2D eigenvalue weighted by Gasteiger charge is 2.04. The fraction of sp³-hybridized carbons (Fsp3) is 0.625. The minimum atomic E-state index is -0.499. The van der Waals surface area contributed by atoms with Crippen LogP contribution >= 0.6 is 0 Å². The first-order valence-corrected chi connectivity index (χ1v) is 3.81. The largest absolute Gasteiger partial charge is 0.465 e. The Kier molecular flexibility index (Phi) is 5.50. The van der Waals surface area contributed by atoms with E-state index in [0.717, 1.165) is 0 Å². The Bertz CT molecular complexity index is 209. The van der Waals surface area contributed by atoms with Gasteiger partial charge in [-0.05, 0) is 0 Å². The number of hydrogen-bond acceptors (Lipinski definition) is 5. The predicted molar refractivity (Wildman–Crippen MR) is 42.9 cm³/mol. The minimum absolute atomic E-state index is 0.0371. The van der Waals surface area contributed by atoms with Crippen molar-refractivity contribution < 1.29 is 23.9 Å². The predicted octanol–water partition coefficient (Wildman–Crippen LogP) is 0.0718. The normalized spacial score (nSPS) is 9.08. The summed E-state index contributed by atoms with van der Waals surface area (Å²) in [6, 6.07) is 0. The molecule has 0 saturated carbocycles. The zero-order valence-electron chi connectivity index (χ0n) is 7.66. The van der Waals surface area contributed by atoms with Gasteiger partial charge in [0, 0.05) is 20.3 Å². The molecule has 0 aliphatic heterocycles. The molecule has 0 rings (SSSR count). The van der Waals surface area contributed by atoms with Gasteiger partial charge in [0.1, 0.15) is 6.61 Å². The summed E-state index contributed by atoms with van der Waals surface area (Å²) in [4.78, 5) is 31.4. The van der Waals surface area contributed by atoms with Crippen LogP contribution in [-0.2, 0) is 23.9 Å². The third-order valence-electron chi connectivity index (χ3n) is 1.12. The second kappa shape index (κ2) is 6.16. The number of Topliss-reactive ketones (excluding diaryl/α,β-unsaturated/α-hetero) is 1. The molecule has 0 aromatic heterocycles. The van der Waals surface area contributed by atoms with Gasteiger partial charge in [0.15, 0.2) is 5.78 Å². The molecular weight excluding hydrogens is 176 g/mol. The van der Waals surface area contributed by atoms with Crippen molar-refractivity contribution in [3.63, 3.8) is 0 Å². The first-order chi connectivity index (χ1) is 6.02. The number of ether oxygens (including phenoxy) is 2. The number of esters is 2. The number of carbonyl (C=O) groups is 3. The first kappa shape index (κ1) is 11.6. The summed E-state index contributed by atoms with van der Waals surface area (Å²) >= 11 is 0. The third-order valence-corrected chi connectivity index (χ3v) is 1.12. The summed E-state index contributed by atoms with van der Waals surface area (Å²) in [5.41, 5.74) is 0. The molecule has 0 aromatic carbocycles. The maximum Gasteiger partial charge on any atom is 0.303 e. The monoisotopic (exact) mass is 188 g/mol. The molecular formula is C8H12O5. The van der Waals surface area contributed by atoms with Gasteiger partial charge in [-0.15, -0.1) is 0 Å².